The molecule has 0 saturated carbocycles. The number of amides is 1. The molecule has 0 aliphatic heterocycles. The molecule has 30 heavy (non-hydrogen) atoms. The Hall–Kier alpha value is -2.77. The van der Waals surface area contributed by atoms with Crippen molar-refractivity contribution in [1.29, 1.82) is 0 Å². The maximum Gasteiger partial charge on any atom is 0.261 e. The lowest BCUT2D eigenvalue weighted by atomic mass is 10.1. The number of sulfonamides is 1. The predicted octanol–water partition coefficient (Wildman–Crippen LogP) is 4.63. The fourth-order valence-corrected chi connectivity index (χ4v) is 4.66. The fourth-order valence-electron chi connectivity index (χ4n) is 2.75. The van der Waals surface area contributed by atoms with Gasteiger partial charge in [-0.1, -0.05) is 42.0 Å². The van der Waals surface area contributed by atoms with E-state index in [1.165, 1.54) is 17.7 Å². The molecule has 0 spiro atoms. The second-order valence-electron chi connectivity index (χ2n) is 6.87. The number of carbonyl (C=O) groups excluding carboxylic acids is 1. The van der Waals surface area contributed by atoms with Gasteiger partial charge in [-0.25, -0.2) is 8.42 Å². The zero-order valence-corrected chi connectivity index (χ0v) is 18.5. The third-order valence-electron chi connectivity index (χ3n) is 4.47. The molecule has 156 valence electrons. The Balaban J connectivity index is 1.61. The van der Waals surface area contributed by atoms with Crippen LogP contribution in [0.1, 0.15) is 21.5 Å². The molecule has 0 radical (unpaired) electrons. The summed E-state index contributed by atoms with van der Waals surface area (Å²) in [6.07, 6.45) is 0. The Morgan fingerprint density at radius 1 is 0.933 bits per heavy atom. The summed E-state index contributed by atoms with van der Waals surface area (Å²) in [6.45, 7) is 4.35. The fraction of sp³-hybridized carbons (Fsp3) is 0.174. The maximum atomic E-state index is 12.6. The molecule has 0 unspecified atom stereocenters. The second kappa shape index (κ2) is 9.82. The van der Waals surface area contributed by atoms with Crippen molar-refractivity contribution in [1.82, 2.24) is 5.32 Å². The van der Waals surface area contributed by atoms with Crippen molar-refractivity contribution in [3.8, 4) is 0 Å². The average Bonchev–Trinajstić information content (AvgIpc) is 2.74. The molecular formula is C23H24N2O3S2. The molecule has 0 atom stereocenters. The first-order valence-corrected chi connectivity index (χ1v) is 12.0. The summed E-state index contributed by atoms with van der Waals surface area (Å²) in [5.41, 5.74) is 2.75. The summed E-state index contributed by atoms with van der Waals surface area (Å²) in [5.74, 6) is 0.508. The minimum atomic E-state index is -3.72. The van der Waals surface area contributed by atoms with Gasteiger partial charge in [0.1, 0.15) is 0 Å². The standard InChI is InChI=1S/C23H24N2O3S2/c1-17-8-12-20(13-9-17)29-15-14-24-23(26)19-11-10-18(2)22(16-19)25-30(27,28)21-6-4-3-5-7-21/h3-13,16,25H,14-15H2,1-2H3,(H,24,26). The van der Waals surface area contributed by atoms with Crippen molar-refractivity contribution in [3.05, 3.63) is 89.5 Å². The largest absolute Gasteiger partial charge is 0.351 e. The SMILES string of the molecule is Cc1ccc(SCCNC(=O)c2ccc(C)c(NS(=O)(=O)c3ccccc3)c2)cc1. The number of hydrogen-bond donors (Lipinski definition) is 2. The Morgan fingerprint density at radius 3 is 2.33 bits per heavy atom. The van der Waals surface area contributed by atoms with Gasteiger partial charge in [0.25, 0.3) is 15.9 Å². The summed E-state index contributed by atoms with van der Waals surface area (Å²) in [5, 5.41) is 2.88. The van der Waals surface area contributed by atoms with Gasteiger partial charge in [0.05, 0.1) is 10.6 Å². The molecule has 0 saturated heterocycles. The Kier molecular flexibility index (Phi) is 7.18. The van der Waals surface area contributed by atoms with Gasteiger partial charge >= 0.3 is 0 Å². The Morgan fingerprint density at radius 2 is 1.63 bits per heavy atom. The lowest BCUT2D eigenvalue weighted by Crippen LogP contribution is -2.26. The maximum absolute atomic E-state index is 12.6. The number of nitrogens with one attached hydrogen (secondary N) is 2. The number of carbonyl (C=O) groups is 1. The van der Waals surface area contributed by atoms with E-state index in [-0.39, 0.29) is 10.8 Å². The third-order valence-corrected chi connectivity index (χ3v) is 6.87. The molecular weight excluding hydrogens is 416 g/mol. The summed E-state index contributed by atoms with van der Waals surface area (Å²) in [7, 11) is -3.72. The van der Waals surface area contributed by atoms with Gasteiger partial charge in [-0.3, -0.25) is 9.52 Å². The number of rotatable bonds is 8. The number of thioether (sulfide) groups is 1. The second-order valence-corrected chi connectivity index (χ2v) is 9.72. The zero-order chi connectivity index (χ0) is 21.6. The van der Waals surface area contributed by atoms with Crippen LogP contribution in [0.3, 0.4) is 0 Å². The van der Waals surface area contributed by atoms with Crippen LogP contribution in [0.2, 0.25) is 0 Å². The zero-order valence-electron chi connectivity index (χ0n) is 16.9. The number of hydrogen-bond acceptors (Lipinski definition) is 4. The minimum absolute atomic E-state index is 0.174. The van der Waals surface area contributed by atoms with Crippen LogP contribution < -0.4 is 10.0 Å². The van der Waals surface area contributed by atoms with E-state index in [2.05, 4.69) is 34.3 Å². The molecule has 0 bridgehead atoms. The van der Waals surface area contributed by atoms with E-state index in [4.69, 9.17) is 0 Å². The van der Waals surface area contributed by atoms with Crippen LogP contribution in [0.5, 0.6) is 0 Å². The van der Waals surface area contributed by atoms with Gasteiger partial charge in [-0.05, 0) is 55.8 Å². The molecule has 2 N–H and O–H groups in total. The Bertz CT molecular complexity index is 1110. The van der Waals surface area contributed by atoms with E-state index in [0.29, 0.717) is 17.8 Å². The highest BCUT2D eigenvalue weighted by Gasteiger charge is 2.16. The quantitative estimate of drug-likeness (QED) is 0.396. The third kappa shape index (κ3) is 5.87. The molecule has 7 heteroatoms. The molecule has 1 amide bonds. The average molecular weight is 441 g/mol. The molecule has 3 aromatic rings. The molecule has 5 nitrogen and oxygen atoms in total. The van der Waals surface area contributed by atoms with Crippen molar-refractivity contribution in [3.63, 3.8) is 0 Å². The first kappa shape index (κ1) is 21.9. The van der Waals surface area contributed by atoms with Crippen LogP contribution in [0.25, 0.3) is 0 Å². The van der Waals surface area contributed by atoms with E-state index >= 15 is 0 Å². The molecule has 0 aromatic heterocycles. The van der Waals surface area contributed by atoms with Crippen molar-refractivity contribution < 1.29 is 13.2 Å². The molecule has 0 aliphatic carbocycles. The van der Waals surface area contributed by atoms with Crippen LogP contribution in [0, 0.1) is 13.8 Å². The van der Waals surface area contributed by atoms with Crippen LogP contribution in [0.4, 0.5) is 5.69 Å². The van der Waals surface area contributed by atoms with Crippen molar-refractivity contribution in [2.75, 3.05) is 17.0 Å². The smallest absolute Gasteiger partial charge is 0.261 e. The molecule has 0 aliphatic rings. The van der Waals surface area contributed by atoms with Crippen LogP contribution in [0.15, 0.2) is 82.6 Å². The highest BCUT2D eigenvalue weighted by Crippen LogP contribution is 2.21. The molecule has 3 aromatic carbocycles. The minimum Gasteiger partial charge on any atom is -0.351 e. The van der Waals surface area contributed by atoms with Gasteiger partial charge < -0.3 is 5.32 Å². The molecule has 3 rings (SSSR count). The normalized spacial score (nSPS) is 11.1. The van der Waals surface area contributed by atoms with Crippen molar-refractivity contribution in [2.45, 2.75) is 23.6 Å². The van der Waals surface area contributed by atoms with E-state index in [1.54, 1.807) is 55.1 Å². The van der Waals surface area contributed by atoms with E-state index in [1.807, 2.05) is 6.92 Å². The van der Waals surface area contributed by atoms with Crippen LogP contribution >= 0.6 is 11.8 Å². The van der Waals surface area contributed by atoms with Crippen LogP contribution in [-0.2, 0) is 10.0 Å². The Labute approximate surface area is 182 Å². The predicted molar refractivity (Wildman–Crippen MR) is 123 cm³/mol. The lowest BCUT2D eigenvalue weighted by molar-refractivity contribution is 0.0956. The number of aryl methyl sites for hydroxylation is 2. The van der Waals surface area contributed by atoms with Gasteiger partial charge in [-0.15, -0.1) is 11.8 Å². The van der Waals surface area contributed by atoms with E-state index < -0.39 is 10.0 Å². The summed E-state index contributed by atoms with van der Waals surface area (Å²) < 4.78 is 27.8. The summed E-state index contributed by atoms with van der Waals surface area (Å²) >= 11 is 1.67. The van der Waals surface area contributed by atoms with Gasteiger partial charge in [0.15, 0.2) is 0 Å². The first-order valence-electron chi connectivity index (χ1n) is 9.51. The first-order chi connectivity index (χ1) is 14.3. The van der Waals surface area contributed by atoms with Crippen molar-refractivity contribution >= 4 is 33.4 Å². The van der Waals surface area contributed by atoms with Gasteiger partial charge in [0, 0.05) is 22.8 Å². The number of benzene rings is 3. The summed E-state index contributed by atoms with van der Waals surface area (Å²) in [4.78, 5) is 13.8. The van der Waals surface area contributed by atoms with Gasteiger partial charge in [-0.2, -0.15) is 0 Å². The van der Waals surface area contributed by atoms with E-state index in [9.17, 15) is 13.2 Å². The van der Waals surface area contributed by atoms with Crippen LogP contribution in [-0.4, -0.2) is 26.6 Å². The number of anilines is 1. The van der Waals surface area contributed by atoms with Crippen molar-refractivity contribution in [2.24, 2.45) is 0 Å². The summed E-state index contributed by atoms with van der Waals surface area (Å²) in [6, 6.07) is 21.4. The highest BCUT2D eigenvalue weighted by molar-refractivity contribution is 7.99. The lowest BCUT2D eigenvalue weighted by Gasteiger charge is -2.12. The molecule has 0 heterocycles. The monoisotopic (exact) mass is 440 g/mol. The van der Waals surface area contributed by atoms with E-state index in [0.717, 1.165) is 16.2 Å². The topological polar surface area (TPSA) is 75.3 Å². The highest BCUT2D eigenvalue weighted by atomic mass is 32.2. The van der Waals surface area contributed by atoms with Gasteiger partial charge in [0.2, 0.25) is 0 Å². The molecule has 0 fully saturated rings.